The Kier molecular flexibility index (Phi) is 6.01. The van der Waals surface area contributed by atoms with Crippen LogP contribution in [-0.4, -0.2) is 54.4 Å². The fourth-order valence-corrected chi connectivity index (χ4v) is 2.87. The molecule has 7 nitrogen and oxygen atoms in total. The monoisotopic (exact) mass is 421 g/mol. The van der Waals surface area contributed by atoms with Crippen LogP contribution in [0.3, 0.4) is 0 Å². The van der Waals surface area contributed by atoms with E-state index in [1.807, 2.05) is 6.07 Å². The van der Waals surface area contributed by atoms with Crippen LogP contribution in [0.5, 0.6) is 17.2 Å². The number of ether oxygens (including phenoxy) is 3. The molecule has 1 aromatic carbocycles. The number of alkyl halides is 3. The van der Waals surface area contributed by atoms with Crippen molar-refractivity contribution < 1.29 is 32.2 Å². The molecule has 3 rings (SSSR count). The fourth-order valence-electron chi connectivity index (χ4n) is 2.87. The zero-order valence-corrected chi connectivity index (χ0v) is 16.1. The van der Waals surface area contributed by atoms with Gasteiger partial charge in [-0.2, -0.15) is 18.4 Å². The van der Waals surface area contributed by atoms with Crippen LogP contribution in [0.2, 0.25) is 0 Å². The van der Waals surface area contributed by atoms with Gasteiger partial charge in [0.15, 0.2) is 11.9 Å². The highest BCUT2D eigenvalue weighted by atomic mass is 19.4. The second-order valence-electron chi connectivity index (χ2n) is 6.57. The molecule has 1 aromatic heterocycles. The number of carbonyl (C=O) groups excluding carboxylic acids is 1. The lowest BCUT2D eigenvalue weighted by molar-refractivity contribution is -0.189. The molecule has 1 amide bonds. The largest absolute Gasteiger partial charge is 0.494 e. The van der Waals surface area contributed by atoms with Crippen LogP contribution in [-0.2, 0) is 0 Å². The Labute approximate surface area is 170 Å². The minimum atomic E-state index is -4.62. The number of hydrogen-bond acceptors (Lipinski definition) is 6. The predicted molar refractivity (Wildman–Crippen MR) is 98.4 cm³/mol. The number of rotatable bonds is 6. The van der Waals surface area contributed by atoms with E-state index in [0.29, 0.717) is 5.75 Å². The highest BCUT2D eigenvalue weighted by molar-refractivity contribution is 6.01. The average Bonchev–Trinajstić information content (AvgIpc) is 2.69. The Morgan fingerprint density at radius 2 is 1.93 bits per heavy atom. The lowest BCUT2D eigenvalue weighted by Gasteiger charge is -2.39. The third kappa shape index (κ3) is 4.40. The Balaban J connectivity index is 1.82. The number of carbonyl (C=O) groups is 1. The molecule has 1 atom stereocenters. The quantitative estimate of drug-likeness (QED) is 0.712. The van der Waals surface area contributed by atoms with E-state index in [0.717, 1.165) is 6.92 Å². The second kappa shape index (κ2) is 8.49. The smallest absolute Gasteiger partial charge is 0.425 e. The van der Waals surface area contributed by atoms with Crippen molar-refractivity contribution in [1.29, 1.82) is 5.26 Å². The average molecular weight is 421 g/mol. The molecule has 1 aliphatic rings. The first-order valence-electron chi connectivity index (χ1n) is 8.95. The summed E-state index contributed by atoms with van der Waals surface area (Å²) in [6.07, 6.45) is -3.91. The summed E-state index contributed by atoms with van der Waals surface area (Å²) in [7, 11) is 1.23. The molecule has 0 saturated carbocycles. The van der Waals surface area contributed by atoms with Crippen LogP contribution in [0, 0.1) is 11.3 Å². The highest BCUT2D eigenvalue weighted by Gasteiger charge is 2.40. The van der Waals surface area contributed by atoms with Gasteiger partial charge in [-0.05, 0) is 31.2 Å². The molecule has 0 unspecified atom stereocenters. The van der Waals surface area contributed by atoms with Crippen LogP contribution in [0.4, 0.5) is 13.2 Å². The fraction of sp³-hybridized carbons (Fsp3) is 0.350. The van der Waals surface area contributed by atoms with Gasteiger partial charge in [0.1, 0.15) is 29.2 Å². The first-order chi connectivity index (χ1) is 14.2. The number of benzene rings is 1. The molecule has 0 radical (unpaired) electrons. The van der Waals surface area contributed by atoms with Crippen molar-refractivity contribution in [3.8, 4) is 23.3 Å². The maximum atomic E-state index is 13.0. The summed E-state index contributed by atoms with van der Waals surface area (Å²) in [5, 5.41) is 9.27. The summed E-state index contributed by atoms with van der Waals surface area (Å²) in [6.45, 7) is 1.27. The number of halogens is 3. The summed E-state index contributed by atoms with van der Waals surface area (Å²) in [5.41, 5.74) is -0.215. The third-order valence-electron chi connectivity index (χ3n) is 4.51. The van der Waals surface area contributed by atoms with Gasteiger partial charge in [0, 0.05) is 12.4 Å². The number of likely N-dealkylation sites (tertiary alicyclic amines) is 1. The predicted octanol–water partition coefficient (Wildman–Crippen LogP) is 3.19. The topological polar surface area (TPSA) is 84.7 Å². The van der Waals surface area contributed by atoms with Gasteiger partial charge >= 0.3 is 6.18 Å². The SMILES string of the molecule is COc1c(C#N)ccc(O[C@@H](C)C(F)(F)F)c1C(=O)N1CC(Oc2ccncc2)C1. The maximum absolute atomic E-state index is 13.0. The molecular formula is C20H18F3N3O4. The van der Waals surface area contributed by atoms with Gasteiger partial charge in [-0.1, -0.05) is 0 Å². The molecule has 0 spiro atoms. The number of nitrogens with zero attached hydrogens (tertiary/aromatic N) is 3. The molecule has 0 aliphatic carbocycles. The first kappa shape index (κ1) is 21.2. The maximum Gasteiger partial charge on any atom is 0.425 e. The zero-order chi connectivity index (χ0) is 21.9. The molecule has 10 heteroatoms. The van der Waals surface area contributed by atoms with Crippen molar-refractivity contribution in [2.45, 2.75) is 25.3 Å². The molecular weight excluding hydrogens is 403 g/mol. The molecule has 158 valence electrons. The van der Waals surface area contributed by atoms with E-state index < -0.39 is 18.2 Å². The summed E-state index contributed by atoms with van der Waals surface area (Å²) in [4.78, 5) is 18.3. The molecule has 0 N–H and O–H groups in total. The van der Waals surface area contributed by atoms with Crippen LogP contribution >= 0.6 is 0 Å². The lowest BCUT2D eigenvalue weighted by Crippen LogP contribution is -2.56. The van der Waals surface area contributed by atoms with Crippen molar-refractivity contribution >= 4 is 5.91 Å². The van der Waals surface area contributed by atoms with E-state index in [9.17, 15) is 23.2 Å². The third-order valence-corrected chi connectivity index (χ3v) is 4.51. The molecule has 2 heterocycles. The summed E-state index contributed by atoms with van der Waals surface area (Å²) < 4.78 is 54.8. The molecule has 0 bridgehead atoms. The lowest BCUT2D eigenvalue weighted by atomic mass is 10.0. The number of aromatic nitrogens is 1. The minimum absolute atomic E-state index is 0.0120. The summed E-state index contributed by atoms with van der Waals surface area (Å²) in [5.74, 6) is -0.455. The van der Waals surface area contributed by atoms with Crippen molar-refractivity contribution in [3.63, 3.8) is 0 Å². The van der Waals surface area contributed by atoms with Crippen LogP contribution < -0.4 is 14.2 Å². The molecule has 1 saturated heterocycles. The van der Waals surface area contributed by atoms with E-state index in [-0.39, 0.29) is 41.8 Å². The van der Waals surface area contributed by atoms with Gasteiger partial charge < -0.3 is 19.1 Å². The number of hydrogen-bond donors (Lipinski definition) is 0. The molecule has 30 heavy (non-hydrogen) atoms. The summed E-state index contributed by atoms with van der Waals surface area (Å²) >= 11 is 0. The van der Waals surface area contributed by atoms with Gasteiger partial charge in [0.25, 0.3) is 5.91 Å². The Morgan fingerprint density at radius 1 is 1.27 bits per heavy atom. The van der Waals surface area contributed by atoms with Crippen LogP contribution in [0.15, 0.2) is 36.7 Å². The van der Waals surface area contributed by atoms with E-state index in [1.54, 1.807) is 24.5 Å². The van der Waals surface area contributed by atoms with Gasteiger partial charge in [-0.25, -0.2) is 0 Å². The summed E-state index contributed by atoms with van der Waals surface area (Å²) in [6, 6.07) is 7.63. The van der Waals surface area contributed by atoms with Gasteiger partial charge in [0.05, 0.1) is 25.8 Å². The molecule has 2 aromatic rings. The Bertz CT molecular complexity index is 954. The number of pyridine rings is 1. The first-order valence-corrected chi connectivity index (χ1v) is 8.95. The van der Waals surface area contributed by atoms with Crippen LogP contribution in [0.25, 0.3) is 0 Å². The normalized spacial score (nSPS) is 15.0. The van der Waals surface area contributed by atoms with Gasteiger partial charge in [0.2, 0.25) is 0 Å². The number of nitriles is 1. The van der Waals surface area contributed by atoms with Crippen molar-refractivity contribution in [3.05, 3.63) is 47.8 Å². The second-order valence-corrected chi connectivity index (χ2v) is 6.57. The Morgan fingerprint density at radius 3 is 2.50 bits per heavy atom. The van der Waals surface area contributed by atoms with Crippen molar-refractivity contribution in [1.82, 2.24) is 9.88 Å². The zero-order valence-electron chi connectivity index (χ0n) is 16.1. The number of amides is 1. The highest BCUT2D eigenvalue weighted by Crippen LogP contribution is 2.36. The standard InChI is InChI=1S/C20H18F3N3O4/c1-12(20(21,22)23)29-16-4-3-13(9-24)18(28-2)17(16)19(27)26-10-15(11-26)30-14-5-7-25-8-6-14/h3-8,12,15H,10-11H2,1-2H3/t12-/m0/s1. The number of methoxy groups -OCH3 is 1. The van der Waals surface area contributed by atoms with E-state index in [4.69, 9.17) is 14.2 Å². The van der Waals surface area contributed by atoms with Crippen LogP contribution in [0.1, 0.15) is 22.8 Å². The van der Waals surface area contributed by atoms with Crippen molar-refractivity contribution in [2.24, 2.45) is 0 Å². The van der Waals surface area contributed by atoms with E-state index in [2.05, 4.69) is 4.98 Å². The van der Waals surface area contributed by atoms with Crippen molar-refractivity contribution in [2.75, 3.05) is 20.2 Å². The van der Waals surface area contributed by atoms with E-state index in [1.165, 1.54) is 24.1 Å². The minimum Gasteiger partial charge on any atom is -0.494 e. The van der Waals surface area contributed by atoms with E-state index >= 15 is 0 Å². The Hall–Kier alpha value is -3.48. The van der Waals surface area contributed by atoms with Gasteiger partial charge in [-0.3, -0.25) is 9.78 Å². The van der Waals surface area contributed by atoms with Gasteiger partial charge in [-0.15, -0.1) is 0 Å². The molecule has 1 fully saturated rings. The molecule has 1 aliphatic heterocycles.